The van der Waals surface area contributed by atoms with Gasteiger partial charge in [-0.05, 0) is 118 Å². The number of H-pyrrole nitrogens is 2. The first kappa shape index (κ1) is 28.6. The fourth-order valence-electron chi connectivity index (χ4n) is 8.01. The molecule has 5 heterocycles. The summed E-state index contributed by atoms with van der Waals surface area (Å²) in [7, 11) is 4.34. The Morgan fingerprint density at radius 3 is 2.05 bits per heavy atom. The molecule has 220 valence electrons. The third-order valence-corrected chi connectivity index (χ3v) is 10.1. The minimum atomic E-state index is -0.104. The van der Waals surface area contributed by atoms with Gasteiger partial charge in [0.05, 0.1) is 29.4 Å². The number of aliphatic hydroxyl groups is 1. The van der Waals surface area contributed by atoms with Crippen molar-refractivity contribution in [3.05, 3.63) is 68.3 Å². The maximum absolute atomic E-state index is 10.9. The molecule has 1 aliphatic carbocycles. The van der Waals surface area contributed by atoms with E-state index < -0.39 is 0 Å². The summed E-state index contributed by atoms with van der Waals surface area (Å²) < 4.78 is 0. The highest BCUT2D eigenvalue weighted by Gasteiger charge is 2.42. The number of hydrogen-bond donors (Lipinski definition) is 3. The normalized spacial score (nSPS) is 18.3. The van der Waals surface area contributed by atoms with E-state index in [0.717, 1.165) is 69.7 Å². The third kappa shape index (κ3) is 3.91. The van der Waals surface area contributed by atoms with Gasteiger partial charge in [0.1, 0.15) is 0 Å². The average molecular weight is 564 g/mol. The second-order valence-electron chi connectivity index (χ2n) is 12.5. The number of aryl methyl sites for hydroxylation is 4. The van der Waals surface area contributed by atoms with E-state index in [9.17, 15) is 5.11 Å². The minimum absolute atomic E-state index is 0.104. The second-order valence-corrected chi connectivity index (χ2v) is 12.5. The molecule has 0 saturated heterocycles. The summed E-state index contributed by atoms with van der Waals surface area (Å²) in [5, 5.41) is 10.9. The molecule has 3 aliphatic rings. The molecular weight excluding hydrogens is 518 g/mol. The standard InChI is InChI=1S/C36H45N5O/c1-11-22-17(4)26-14-29-23(12-2)19(6)33(39-29)31-35-30(21(8)36(31)41(9)10)20(7)32(40-35)25(16-42)34-24(13-3)18(5)27(38-34)15-28(22)37-26/h14-15,21,36-37,39,42H,11-13,16H2,1-10H3. The molecule has 6 heteroatoms. The molecule has 6 nitrogen and oxygen atoms in total. The number of nitrogens with zero attached hydrogens (tertiary/aromatic N) is 3. The van der Waals surface area contributed by atoms with Gasteiger partial charge in [-0.1, -0.05) is 27.7 Å². The van der Waals surface area contributed by atoms with Crippen LogP contribution in [0.4, 0.5) is 0 Å². The van der Waals surface area contributed by atoms with Crippen LogP contribution in [0.15, 0.2) is 12.1 Å². The highest BCUT2D eigenvalue weighted by Crippen LogP contribution is 2.53. The van der Waals surface area contributed by atoms with Crippen molar-refractivity contribution in [1.82, 2.24) is 24.8 Å². The molecule has 3 aromatic heterocycles. The number of fused-ring (bicyclic) bond motifs is 8. The van der Waals surface area contributed by atoms with Crippen molar-refractivity contribution in [1.29, 1.82) is 0 Å². The summed E-state index contributed by atoms with van der Waals surface area (Å²) in [4.78, 5) is 20.6. The van der Waals surface area contributed by atoms with Gasteiger partial charge in [-0.25, -0.2) is 9.97 Å². The molecule has 42 heavy (non-hydrogen) atoms. The molecule has 3 N–H and O–H groups in total. The highest BCUT2D eigenvalue weighted by molar-refractivity contribution is 6.00. The van der Waals surface area contributed by atoms with Crippen molar-refractivity contribution < 1.29 is 5.11 Å². The van der Waals surface area contributed by atoms with Crippen molar-refractivity contribution >= 4 is 44.4 Å². The van der Waals surface area contributed by atoms with Gasteiger partial charge in [0.15, 0.2) is 0 Å². The first-order valence-corrected chi connectivity index (χ1v) is 15.5. The molecule has 2 aliphatic heterocycles. The summed E-state index contributed by atoms with van der Waals surface area (Å²) in [6, 6.07) is 4.70. The average Bonchev–Trinajstić information content (AvgIpc) is 3.70. The van der Waals surface area contributed by atoms with E-state index in [1.807, 2.05) is 0 Å². The highest BCUT2D eigenvalue weighted by atomic mass is 16.3. The number of rotatable bonds is 5. The molecule has 2 unspecified atom stereocenters. The van der Waals surface area contributed by atoms with Crippen LogP contribution in [0.2, 0.25) is 0 Å². The third-order valence-electron chi connectivity index (χ3n) is 10.1. The number of nitrogens with one attached hydrogen (secondary N) is 2. The summed E-state index contributed by atoms with van der Waals surface area (Å²) in [6.07, 6.45) is 2.71. The summed E-state index contributed by atoms with van der Waals surface area (Å²) >= 11 is 0. The van der Waals surface area contributed by atoms with E-state index in [1.165, 1.54) is 50.1 Å². The Bertz CT molecular complexity index is 1860. The molecule has 0 radical (unpaired) electrons. The molecule has 3 aromatic rings. The first-order chi connectivity index (χ1) is 20.1. The van der Waals surface area contributed by atoms with Crippen LogP contribution in [-0.2, 0) is 19.4 Å². The Morgan fingerprint density at radius 1 is 0.762 bits per heavy atom. The molecule has 8 bridgehead atoms. The molecule has 0 fully saturated rings. The van der Waals surface area contributed by atoms with E-state index in [-0.39, 0.29) is 18.6 Å². The Kier molecular flexibility index (Phi) is 7.06. The predicted molar refractivity (Wildman–Crippen MR) is 176 cm³/mol. The molecule has 0 aromatic carbocycles. The van der Waals surface area contributed by atoms with E-state index in [0.29, 0.717) is 0 Å². The van der Waals surface area contributed by atoms with E-state index in [2.05, 4.69) is 96.5 Å². The molecule has 6 rings (SSSR count). The lowest BCUT2D eigenvalue weighted by Crippen LogP contribution is -2.23. The Morgan fingerprint density at radius 2 is 1.43 bits per heavy atom. The fourth-order valence-corrected chi connectivity index (χ4v) is 8.01. The molecule has 0 saturated carbocycles. The van der Waals surface area contributed by atoms with E-state index in [4.69, 9.17) is 9.97 Å². The molecular formula is C36H45N5O. The minimum Gasteiger partial charge on any atom is -0.392 e. The van der Waals surface area contributed by atoms with Crippen LogP contribution in [0.5, 0.6) is 0 Å². The van der Waals surface area contributed by atoms with E-state index >= 15 is 0 Å². The SMILES string of the molecule is CCC1=C(C)c2cc3[nH]c(cc4[nH]c(c(C)c4CC)c4c5nc(c(CO)c1n2)C(C)=C5C(C)C4N(C)C)c(C)c3CC. The van der Waals surface area contributed by atoms with Crippen molar-refractivity contribution in [2.75, 3.05) is 14.1 Å². The smallest absolute Gasteiger partial charge is 0.0749 e. The lowest BCUT2D eigenvalue weighted by atomic mass is 9.92. The summed E-state index contributed by atoms with van der Waals surface area (Å²) in [6.45, 7) is 17.7. The van der Waals surface area contributed by atoms with Crippen molar-refractivity contribution in [2.45, 2.75) is 87.3 Å². The monoisotopic (exact) mass is 563 g/mol. The fraction of sp³-hybridized carbons (Fsp3) is 0.444. The van der Waals surface area contributed by atoms with Crippen LogP contribution < -0.4 is 0 Å². The number of allylic oxidation sites excluding steroid dienone is 3. The van der Waals surface area contributed by atoms with Gasteiger partial charge in [-0.2, -0.15) is 0 Å². The van der Waals surface area contributed by atoms with Crippen LogP contribution in [0.25, 0.3) is 44.4 Å². The van der Waals surface area contributed by atoms with Gasteiger partial charge in [0.2, 0.25) is 0 Å². The lowest BCUT2D eigenvalue weighted by molar-refractivity contribution is 0.267. The largest absolute Gasteiger partial charge is 0.392 e. The topological polar surface area (TPSA) is 80.8 Å². The van der Waals surface area contributed by atoms with Gasteiger partial charge in [0, 0.05) is 45.2 Å². The first-order valence-electron chi connectivity index (χ1n) is 15.5. The maximum Gasteiger partial charge on any atom is 0.0749 e. The van der Waals surface area contributed by atoms with Gasteiger partial charge in [-0.15, -0.1) is 0 Å². The van der Waals surface area contributed by atoms with Crippen LogP contribution in [0.1, 0.15) is 110 Å². The molecule has 0 spiro atoms. The van der Waals surface area contributed by atoms with Crippen molar-refractivity contribution in [3.63, 3.8) is 0 Å². The van der Waals surface area contributed by atoms with Crippen LogP contribution in [-0.4, -0.2) is 44.0 Å². The zero-order valence-corrected chi connectivity index (χ0v) is 26.9. The quantitative estimate of drug-likeness (QED) is 0.293. The van der Waals surface area contributed by atoms with Gasteiger partial charge in [-0.3, -0.25) is 0 Å². The van der Waals surface area contributed by atoms with Crippen LogP contribution in [0.3, 0.4) is 0 Å². The number of aliphatic hydroxyl groups excluding tert-OH is 1. The zero-order valence-electron chi connectivity index (χ0n) is 26.9. The number of aromatic amines is 2. The Hall–Kier alpha value is -3.48. The lowest BCUT2D eigenvalue weighted by Gasteiger charge is -2.25. The number of hydrogen-bond acceptors (Lipinski definition) is 4. The van der Waals surface area contributed by atoms with Crippen LogP contribution >= 0.6 is 0 Å². The number of aromatic nitrogens is 4. The van der Waals surface area contributed by atoms with Gasteiger partial charge >= 0.3 is 0 Å². The molecule has 0 amide bonds. The van der Waals surface area contributed by atoms with Crippen LogP contribution in [0, 0.1) is 19.8 Å². The summed E-state index contributed by atoms with van der Waals surface area (Å²) in [5.74, 6) is 0.259. The van der Waals surface area contributed by atoms with Gasteiger partial charge < -0.3 is 20.0 Å². The van der Waals surface area contributed by atoms with Crippen molar-refractivity contribution in [2.24, 2.45) is 5.92 Å². The van der Waals surface area contributed by atoms with E-state index in [1.54, 1.807) is 0 Å². The summed E-state index contributed by atoms with van der Waals surface area (Å²) in [5.41, 5.74) is 20.5. The Labute approximate surface area is 249 Å². The van der Waals surface area contributed by atoms with Gasteiger partial charge in [0.25, 0.3) is 0 Å². The second kappa shape index (κ2) is 10.4. The Balaban J connectivity index is 1.91. The van der Waals surface area contributed by atoms with Crippen molar-refractivity contribution in [3.8, 4) is 0 Å². The zero-order chi connectivity index (χ0) is 30.2. The maximum atomic E-state index is 10.9. The molecule has 2 atom stereocenters. The predicted octanol–water partition coefficient (Wildman–Crippen LogP) is 8.07.